The maximum absolute atomic E-state index is 11.5. The smallest absolute Gasteiger partial charge is 0.410 e. The number of nitrogens with one attached hydrogen (secondary N) is 1. The summed E-state index contributed by atoms with van der Waals surface area (Å²) in [5.74, 6) is 0.444. The molecule has 0 aromatic heterocycles. The molecule has 98 valence electrons. The van der Waals surface area contributed by atoms with Crippen molar-refractivity contribution in [1.29, 1.82) is 0 Å². The molecule has 1 heterocycles. The first-order chi connectivity index (χ1) is 8.44. The number of sulfone groups is 1. The SMILES string of the molecule is O=C(N[C@@H]1CCS(=O)(=O)C1)Oc1ccc(Cl)cc1. The fourth-order valence-corrected chi connectivity index (χ4v) is 3.51. The zero-order valence-corrected chi connectivity index (χ0v) is 11.0. The van der Waals surface area contributed by atoms with Gasteiger partial charge in [0.25, 0.3) is 0 Å². The molecule has 2 rings (SSSR count). The maximum atomic E-state index is 11.5. The minimum atomic E-state index is -3.01. The van der Waals surface area contributed by atoms with Crippen LogP contribution >= 0.6 is 11.6 Å². The Bertz CT molecular complexity index is 541. The molecule has 1 aliphatic heterocycles. The third-order valence-corrected chi connectivity index (χ3v) is 4.60. The van der Waals surface area contributed by atoms with Crippen LogP contribution in [0.15, 0.2) is 24.3 Å². The third kappa shape index (κ3) is 3.61. The van der Waals surface area contributed by atoms with Gasteiger partial charge < -0.3 is 10.1 Å². The van der Waals surface area contributed by atoms with E-state index in [2.05, 4.69) is 5.32 Å². The van der Waals surface area contributed by atoms with Gasteiger partial charge in [-0.05, 0) is 30.7 Å². The molecule has 5 nitrogen and oxygen atoms in total. The number of ether oxygens (including phenoxy) is 1. The van der Waals surface area contributed by atoms with Crippen LogP contribution in [0.3, 0.4) is 0 Å². The van der Waals surface area contributed by atoms with Crippen molar-refractivity contribution >= 4 is 27.5 Å². The summed E-state index contributed by atoms with van der Waals surface area (Å²) in [7, 11) is -3.01. The van der Waals surface area contributed by atoms with Gasteiger partial charge in [-0.3, -0.25) is 0 Å². The van der Waals surface area contributed by atoms with Crippen LogP contribution < -0.4 is 10.1 Å². The second-order valence-corrected chi connectivity index (χ2v) is 6.75. The van der Waals surface area contributed by atoms with Crippen molar-refractivity contribution in [2.24, 2.45) is 0 Å². The first-order valence-electron chi connectivity index (χ1n) is 5.39. The van der Waals surface area contributed by atoms with Gasteiger partial charge in [0.05, 0.1) is 11.5 Å². The second-order valence-electron chi connectivity index (χ2n) is 4.09. The van der Waals surface area contributed by atoms with Crippen LogP contribution in [0.2, 0.25) is 5.02 Å². The lowest BCUT2D eigenvalue weighted by Crippen LogP contribution is -2.37. The molecule has 1 atom stereocenters. The summed E-state index contributed by atoms with van der Waals surface area (Å²) in [5, 5.41) is 3.07. The number of hydrogen-bond donors (Lipinski definition) is 1. The molecule has 0 radical (unpaired) electrons. The highest BCUT2D eigenvalue weighted by molar-refractivity contribution is 7.91. The van der Waals surface area contributed by atoms with Crippen molar-refractivity contribution < 1.29 is 17.9 Å². The van der Waals surface area contributed by atoms with Crippen molar-refractivity contribution in [2.45, 2.75) is 12.5 Å². The lowest BCUT2D eigenvalue weighted by atomic mass is 10.3. The largest absolute Gasteiger partial charge is 0.412 e. The summed E-state index contributed by atoms with van der Waals surface area (Å²) in [6, 6.07) is 5.96. The van der Waals surface area contributed by atoms with Gasteiger partial charge in [-0.1, -0.05) is 11.6 Å². The number of benzene rings is 1. The van der Waals surface area contributed by atoms with E-state index in [4.69, 9.17) is 16.3 Å². The normalized spacial score (nSPS) is 21.5. The number of carbonyl (C=O) groups is 1. The van der Waals surface area contributed by atoms with Crippen LogP contribution in [-0.4, -0.2) is 32.1 Å². The molecule has 1 N–H and O–H groups in total. The Morgan fingerprint density at radius 3 is 2.56 bits per heavy atom. The maximum Gasteiger partial charge on any atom is 0.412 e. The average Bonchev–Trinajstić information content (AvgIpc) is 2.61. The molecule has 18 heavy (non-hydrogen) atoms. The Morgan fingerprint density at radius 1 is 1.33 bits per heavy atom. The van der Waals surface area contributed by atoms with Gasteiger partial charge in [0.2, 0.25) is 0 Å². The summed E-state index contributed by atoms with van der Waals surface area (Å²) < 4.78 is 27.4. The molecule has 0 saturated carbocycles. The van der Waals surface area contributed by atoms with Gasteiger partial charge in [0, 0.05) is 11.1 Å². The molecule has 1 aliphatic rings. The zero-order valence-electron chi connectivity index (χ0n) is 9.43. The van der Waals surface area contributed by atoms with Gasteiger partial charge >= 0.3 is 6.09 Å². The molecular formula is C11H12ClNO4S. The van der Waals surface area contributed by atoms with E-state index < -0.39 is 15.9 Å². The summed E-state index contributed by atoms with van der Waals surface area (Å²) in [6.45, 7) is 0. The van der Waals surface area contributed by atoms with E-state index in [0.717, 1.165) is 0 Å². The standard InChI is InChI=1S/C11H12ClNO4S/c12-8-1-3-10(4-2-8)17-11(14)13-9-5-6-18(15,16)7-9/h1-4,9H,5-7H2,(H,13,14)/t9-/m1/s1. The van der Waals surface area contributed by atoms with Gasteiger partial charge in [-0.15, -0.1) is 0 Å². The van der Waals surface area contributed by atoms with Gasteiger partial charge in [0.1, 0.15) is 5.75 Å². The van der Waals surface area contributed by atoms with Gasteiger partial charge in [-0.2, -0.15) is 0 Å². The molecular weight excluding hydrogens is 278 g/mol. The van der Waals surface area contributed by atoms with Crippen molar-refractivity contribution in [2.75, 3.05) is 11.5 Å². The zero-order chi connectivity index (χ0) is 13.2. The number of halogens is 1. The molecule has 1 aromatic carbocycles. The van der Waals surface area contributed by atoms with Crippen LogP contribution in [0, 0.1) is 0 Å². The summed E-state index contributed by atoms with van der Waals surface area (Å²) >= 11 is 5.69. The minimum Gasteiger partial charge on any atom is -0.410 e. The molecule has 0 spiro atoms. The highest BCUT2D eigenvalue weighted by atomic mass is 35.5. The fraction of sp³-hybridized carbons (Fsp3) is 0.364. The predicted molar refractivity (Wildman–Crippen MR) is 67.7 cm³/mol. The Morgan fingerprint density at radius 2 is 2.00 bits per heavy atom. The van der Waals surface area contributed by atoms with E-state index in [1.165, 1.54) is 0 Å². The monoisotopic (exact) mass is 289 g/mol. The average molecular weight is 290 g/mol. The van der Waals surface area contributed by atoms with Crippen LogP contribution in [0.25, 0.3) is 0 Å². The highest BCUT2D eigenvalue weighted by Gasteiger charge is 2.29. The van der Waals surface area contributed by atoms with Crippen LogP contribution in [0.4, 0.5) is 4.79 Å². The van der Waals surface area contributed by atoms with Crippen LogP contribution in [0.1, 0.15) is 6.42 Å². The topological polar surface area (TPSA) is 72.5 Å². The summed E-state index contributed by atoms with van der Waals surface area (Å²) in [4.78, 5) is 11.5. The van der Waals surface area contributed by atoms with Crippen molar-refractivity contribution in [3.63, 3.8) is 0 Å². The number of amides is 1. The first kappa shape index (κ1) is 13.2. The first-order valence-corrected chi connectivity index (χ1v) is 7.59. The lowest BCUT2D eigenvalue weighted by Gasteiger charge is -2.10. The van der Waals surface area contributed by atoms with Crippen molar-refractivity contribution in [1.82, 2.24) is 5.32 Å². The van der Waals surface area contributed by atoms with E-state index in [9.17, 15) is 13.2 Å². The molecule has 1 fully saturated rings. The number of carbonyl (C=O) groups excluding carboxylic acids is 1. The quantitative estimate of drug-likeness (QED) is 0.898. The van der Waals surface area contributed by atoms with Crippen molar-refractivity contribution in [3.05, 3.63) is 29.3 Å². The van der Waals surface area contributed by atoms with Crippen LogP contribution in [-0.2, 0) is 9.84 Å². The Kier molecular flexibility index (Phi) is 3.77. The Labute approximate surface area is 110 Å². The lowest BCUT2D eigenvalue weighted by molar-refractivity contribution is 0.197. The van der Waals surface area contributed by atoms with E-state index in [0.29, 0.717) is 17.2 Å². The molecule has 1 aromatic rings. The van der Waals surface area contributed by atoms with E-state index in [1.54, 1.807) is 24.3 Å². The van der Waals surface area contributed by atoms with E-state index in [-0.39, 0.29) is 17.5 Å². The molecule has 0 unspecified atom stereocenters. The molecule has 1 amide bonds. The molecule has 7 heteroatoms. The fourth-order valence-electron chi connectivity index (χ4n) is 1.71. The third-order valence-electron chi connectivity index (χ3n) is 2.58. The van der Waals surface area contributed by atoms with Gasteiger partial charge in [-0.25, -0.2) is 13.2 Å². The van der Waals surface area contributed by atoms with E-state index >= 15 is 0 Å². The molecule has 1 saturated heterocycles. The van der Waals surface area contributed by atoms with E-state index in [1.807, 2.05) is 0 Å². The molecule has 0 aliphatic carbocycles. The summed E-state index contributed by atoms with van der Waals surface area (Å²) in [5.41, 5.74) is 0. The minimum absolute atomic E-state index is 0.0251. The highest BCUT2D eigenvalue weighted by Crippen LogP contribution is 2.16. The molecule has 0 bridgehead atoms. The number of rotatable bonds is 2. The Balaban J connectivity index is 1.88. The van der Waals surface area contributed by atoms with Crippen LogP contribution in [0.5, 0.6) is 5.75 Å². The van der Waals surface area contributed by atoms with Gasteiger partial charge in [0.15, 0.2) is 9.84 Å². The predicted octanol–water partition coefficient (Wildman–Crippen LogP) is 1.62. The second kappa shape index (κ2) is 5.16. The van der Waals surface area contributed by atoms with Crippen molar-refractivity contribution in [3.8, 4) is 5.75 Å². The Hall–Kier alpha value is -1.27. The summed E-state index contributed by atoms with van der Waals surface area (Å²) in [6.07, 6.45) is -0.225. The number of hydrogen-bond acceptors (Lipinski definition) is 4.